The van der Waals surface area contributed by atoms with Gasteiger partial charge in [0.05, 0.1) is 48.2 Å². The summed E-state index contributed by atoms with van der Waals surface area (Å²) in [6, 6.07) is 15.8. The molecule has 0 bridgehead atoms. The first-order valence-corrected chi connectivity index (χ1v) is 15.6. The molecule has 12 nitrogen and oxygen atoms in total. The van der Waals surface area contributed by atoms with Gasteiger partial charge in [-0.1, -0.05) is 29.5 Å². The van der Waals surface area contributed by atoms with E-state index in [1.54, 1.807) is 68.5 Å². The van der Waals surface area contributed by atoms with Crippen LogP contribution in [0.15, 0.2) is 81.7 Å². The average Bonchev–Trinajstić information content (AvgIpc) is 3.37. The zero-order valence-corrected chi connectivity index (χ0v) is 27.3. The summed E-state index contributed by atoms with van der Waals surface area (Å²) in [6.07, 6.45) is 1.72. The van der Waals surface area contributed by atoms with Gasteiger partial charge < -0.3 is 23.7 Å². The molecule has 3 aromatic carbocycles. The number of hydrogen-bond acceptors (Lipinski definition) is 11. The number of nitrogens with zero attached hydrogens (tertiary/aromatic N) is 3. The number of allylic oxidation sites excluding steroid dienone is 1. The Morgan fingerprint density at radius 1 is 1.00 bits per heavy atom. The van der Waals surface area contributed by atoms with Gasteiger partial charge >= 0.3 is 5.97 Å². The van der Waals surface area contributed by atoms with E-state index in [0.29, 0.717) is 55.8 Å². The molecule has 1 aliphatic heterocycles. The summed E-state index contributed by atoms with van der Waals surface area (Å²) in [5.41, 5.74) is 2.29. The second-order valence-corrected chi connectivity index (χ2v) is 11.2. The number of para-hydroxylation sites is 1. The van der Waals surface area contributed by atoms with E-state index in [9.17, 15) is 19.7 Å². The van der Waals surface area contributed by atoms with Crippen LogP contribution in [0.3, 0.4) is 0 Å². The first kappa shape index (κ1) is 32.9. The fourth-order valence-electron chi connectivity index (χ4n) is 5.21. The molecule has 1 aliphatic rings. The fourth-order valence-corrected chi connectivity index (χ4v) is 6.26. The molecule has 0 spiro atoms. The molecule has 0 radical (unpaired) electrons. The van der Waals surface area contributed by atoms with Crippen molar-refractivity contribution in [3.8, 4) is 23.0 Å². The van der Waals surface area contributed by atoms with E-state index in [1.165, 1.54) is 42.3 Å². The van der Waals surface area contributed by atoms with Crippen LogP contribution in [-0.4, -0.2) is 42.9 Å². The number of nitro groups is 1. The molecule has 5 rings (SSSR count). The summed E-state index contributed by atoms with van der Waals surface area (Å²) in [6.45, 7) is 5.94. The molecule has 4 aromatic rings. The number of thiazole rings is 1. The average molecular weight is 660 g/mol. The van der Waals surface area contributed by atoms with Gasteiger partial charge in [0.15, 0.2) is 27.8 Å². The van der Waals surface area contributed by atoms with Crippen LogP contribution in [0.2, 0.25) is 0 Å². The SMILES string of the molecule is CCOC(=O)C1=C(C)N=c2s/c(=C/c3ccc(OCc4ccc([N+](=O)[O-])cc4)c(OC)c3)c(=O)n2[C@@H]1c1cccc(OC)c1OCC. The molecule has 1 atom stereocenters. The predicted molar refractivity (Wildman–Crippen MR) is 175 cm³/mol. The van der Waals surface area contributed by atoms with Gasteiger partial charge in [-0.15, -0.1) is 0 Å². The minimum atomic E-state index is -0.881. The Morgan fingerprint density at radius 3 is 2.40 bits per heavy atom. The zero-order chi connectivity index (χ0) is 33.7. The summed E-state index contributed by atoms with van der Waals surface area (Å²) >= 11 is 1.19. The predicted octanol–water partition coefficient (Wildman–Crippen LogP) is 4.70. The molecule has 47 heavy (non-hydrogen) atoms. The van der Waals surface area contributed by atoms with Gasteiger partial charge in [-0.25, -0.2) is 9.79 Å². The van der Waals surface area contributed by atoms with Crippen molar-refractivity contribution in [2.45, 2.75) is 33.4 Å². The number of benzene rings is 3. The lowest BCUT2D eigenvalue weighted by molar-refractivity contribution is -0.384. The van der Waals surface area contributed by atoms with Crippen LogP contribution >= 0.6 is 11.3 Å². The van der Waals surface area contributed by atoms with Crippen molar-refractivity contribution in [2.75, 3.05) is 27.4 Å². The van der Waals surface area contributed by atoms with Gasteiger partial charge in [0.25, 0.3) is 11.2 Å². The number of carbonyl (C=O) groups is 1. The Labute approximate surface area is 273 Å². The molecule has 0 aliphatic carbocycles. The summed E-state index contributed by atoms with van der Waals surface area (Å²) < 4.78 is 30.3. The molecule has 2 heterocycles. The number of non-ortho nitro benzene ring substituents is 1. The minimum absolute atomic E-state index is 0.00205. The lowest BCUT2D eigenvalue weighted by atomic mass is 9.94. The number of aromatic nitrogens is 1. The van der Waals surface area contributed by atoms with E-state index in [2.05, 4.69) is 4.99 Å². The highest BCUT2D eigenvalue weighted by molar-refractivity contribution is 7.07. The Morgan fingerprint density at radius 2 is 1.74 bits per heavy atom. The third kappa shape index (κ3) is 6.75. The summed E-state index contributed by atoms with van der Waals surface area (Å²) in [4.78, 5) is 43.0. The molecule has 244 valence electrons. The summed E-state index contributed by atoms with van der Waals surface area (Å²) in [5.74, 6) is 1.20. The van der Waals surface area contributed by atoms with Crippen LogP contribution in [0, 0.1) is 10.1 Å². The zero-order valence-electron chi connectivity index (χ0n) is 26.5. The monoisotopic (exact) mass is 659 g/mol. The fraction of sp³-hybridized carbons (Fsp3) is 0.265. The number of nitro benzene ring substituents is 1. The first-order chi connectivity index (χ1) is 22.7. The van der Waals surface area contributed by atoms with Gasteiger partial charge in [-0.2, -0.15) is 0 Å². The van der Waals surface area contributed by atoms with E-state index in [-0.39, 0.29) is 30.0 Å². The third-order valence-corrected chi connectivity index (χ3v) is 8.34. The lowest BCUT2D eigenvalue weighted by Crippen LogP contribution is -2.40. The van der Waals surface area contributed by atoms with Gasteiger partial charge in [-0.05, 0) is 68.3 Å². The maximum atomic E-state index is 14.1. The van der Waals surface area contributed by atoms with Crippen molar-refractivity contribution in [2.24, 2.45) is 4.99 Å². The van der Waals surface area contributed by atoms with E-state index in [1.807, 2.05) is 6.92 Å². The summed E-state index contributed by atoms with van der Waals surface area (Å²) in [5, 5.41) is 10.9. The second kappa shape index (κ2) is 14.3. The first-order valence-electron chi connectivity index (χ1n) is 14.7. The second-order valence-electron chi connectivity index (χ2n) is 10.2. The molecule has 1 aromatic heterocycles. The molecule has 0 N–H and O–H groups in total. The number of hydrogen-bond donors (Lipinski definition) is 0. The van der Waals surface area contributed by atoms with Crippen LogP contribution in [0.1, 0.15) is 43.5 Å². The molecule has 0 saturated heterocycles. The maximum absolute atomic E-state index is 14.1. The molecular formula is C34H33N3O9S. The highest BCUT2D eigenvalue weighted by Gasteiger charge is 2.36. The van der Waals surface area contributed by atoms with Gasteiger partial charge in [-0.3, -0.25) is 19.5 Å². The molecule has 0 amide bonds. The molecule has 13 heteroatoms. The number of carbonyl (C=O) groups excluding carboxylic acids is 1. The van der Waals surface area contributed by atoms with Crippen LogP contribution in [0.5, 0.6) is 23.0 Å². The largest absolute Gasteiger partial charge is 0.493 e. The van der Waals surface area contributed by atoms with Crippen LogP contribution in [-0.2, 0) is 16.1 Å². The van der Waals surface area contributed by atoms with Crippen LogP contribution < -0.4 is 33.8 Å². The smallest absolute Gasteiger partial charge is 0.338 e. The Kier molecular flexibility index (Phi) is 10.0. The quantitative estimate of drug-likeness (QED) is 0.120. The van der Waals surface area contributed by atoms with Crippen molar-refractivity contribution in [3.05, 3.63) is 118 Å². The topological polar surface area (TPSA) is 141 Å². The van der Waals surface area contributed by atoms with Crippen LogP contribution in [0.4, 0.5) is 5.69 Å². The van der Waals surface area contributed by atoms with Crippen molar-refractivity contribution in [1.82, 2.24) is 4.57 Å². The van der Waals surface area contributed by atoms with Gasteiger partial charge in [0.2, 0.25) is 0 Å². The van der Waals surface area contributed by atoms with E-state index in [0.717, 1.165) is 5.56 Å². The molecule has 0 saturated carbocycles. The lowest BCUT2D eigenvalue weighted by Gasteiger charge is -2.26. The van der Waals surface area contributed by atoms with Crippen molar-refractivity contribution in [1.29, 1.82) is 0 Å². The molecular weight excluding hydrogens is 626 g/mol. The maximum Gasteiger partial charge on any atom is 0.338 e. The highest BCUT2D eigenvalue weighted by Crippen LogP contribution is 2.41. The van der Waals surface area contributed by atoms with Crippen molar-refractivity contribution in [3.63, 3.8) is 0 Å². The van der Waals surface area contributed by atoms with Gasteiger partial charge in [0, 0.05) is 17.7 Å². The minimum Gasteiger partial charge on any atom is -0.493 e. The number of methoxy groups -OCH3 is 2. The standard InChI is InChI=1S/C34H33N3O9S/c1-6-44-31-24(9-8-10-26(31)42-4)30-29(33(39)45-7-2)20(3)35-34-36(30)32(38)28(47-34)18-22-13-16-25(27(17-22)43-5)46-19-21-11-14-23(15-12-21)37(40)41/h8-18,30H,6-7,19H2,1-5H3/b28-18+/t30-/m1/s1. The normalized spacial score (nSPS) is 14.2. The number of ether oxygens (including phenoxy) is 5. The van der Waals surface area contributed by atoms with E-state index < -0.39 is 16.9 Å². The van der Waals surface area contributed by atoms with Crippen molar-refractivity contribution < 1.29 is 33.4 Å². The Hall–Kier alpha value is -5.43. The van der Waals surface area contributed by atoms with E-state index in [4.69, 9.17) is 23.7 Å². The Balaban J connectivity index is 1.56. The van der Waals surface area contributed by atoms with E-state index >= 15 is 0 Å². The molecule has 0 unspecified atom stereocenters. The Bertz CT molecular complexity index is 2030. The van der Waals surface area contributed by atoms with Crippen molar-refractivity contribution >= 4 is 29.1 Å². The molecule has 0 fully saturated rings. The highest BCUT2D eigenvalue weighted by atomic mass is 32.1. The number of esters is 1. The third-order valence-electron chi connectivity index (χ3n) is 7.36. The van der Waals surface area contributed by atoms with Gasteiger partial charge in [0.1, 0.15) is 12.6 Å². The summed E-state index contributed by atoms with van der Waals surface area (Å²) in [7, 11) is 3.04. The van der Waals surface area contributed by atoms with Crippen LogP contribution in [0.25, 0.3) is 6.08 Å². The number of rotatable bonds is 12. The number of fused-ring (bicyclic) bond motifs is 1.